The number of aldehydes is 1. The highest BCUT2D eigenvalue weighted by Gasteiger charge is 2.22. The molecule has 1 rings (SSSR count). The van der Waals surface area contributed by atoms with Crippen molar-refractivity contribution in [2.24, 2.45) is 0 Å². The van der Waals surface area contributed by atoms with Gasteiger partial charge in [-0.2, -0.15) is 0 Å². The maximum Gasteiger partial charge on any atom is 0.176 e. The largest absolute Gasteiger partial charge is 0.298 e. The average Bonchev–Trinajstić information content (AvgIpc) is 2.14. The molecule has 0 atom stereocenters. The van der Waals surface area contributed by atoms with E-state index in [1.54, 1.807) is 6.92 Å². The molecule has 0 heterocycles. The molecule has 0 saturated heterocycles. The van der Waals surface area contributed by atoms with Gasteiger partial charge in [0.1, 0.15) is 6.29 Å². The molecule has 0 radical (unpaired) electrons. The SMILES string of the molecule is Cc1cc(S(C)(=O)=O)c(S(C)(=O)=O)cc1C=O. The van der Waals surface area contributed by atoms with E-state index >= 15 is 0 Å². The lowest BCUT2D eigenvalue weighted by Gasteiger charge is -2.09. The summed E-state index contributed by atoms with van der Waals surface area (Å²) in [6.45, 7) is 1.55. The number of benzene rings is 1. The predicted molar refractivity (Wildman–Crippen MR) is 62.8 cm³/mol. The van der Waals surface area contributed by atoms with Crippen molar-refractivity contribution in [2.45, 2.75) is 16.7 Å². The van der Waals surface area contributed by atoms with E-state index in [2.05, 4.69) is 0 Å². The van der Waals surface area contributed by atoms with Crippen LogP contribution in [0.5, 0.6) is 0 Å². The zero-order valence-corrected chi connectivity index (χ0v) is 11.2. The van der Waals surface area contributed by atoms with Crippen LogP contribution in [0.15, 0.2) is 21.9 Å². The van der Waals surface area contributed by atoms with Crippen molar-refractivity contribution in [3.05, 3.63) is 23.3 Å². The highest BCUT2D eigenvalue weighted by atomic mass is 32.2. The molecular formula is C10H12O5S2. The molecule has 7 heteroatoms. The summed E-state index contributed by atoms with van der Waals surface area (Å²) in [5.41, 5.74) is 0.589. The van der Waals surface area contributed by atoms with Gasteiger partial charge in [0.2, 0.25) is 0 Å². The average molecular weight is 276 g/mol. The summed E-state index contributed by atoms with van der Waals surface area (Å²) < 4.78 is 46.0. The van der Waals surface area contributed by atoms with Crippen LogP contribution >= 0.6 is 0 Å². The van der Waals surface area contributed by atoms with Crippen LogP contribution in [0.3, 0.4) is 0 Å². The number of aryl methyl sites for hydroxylation is 1. The maximum absolute atomic E-state index is 11.5. The van der Waals surface area contributed by atoms with Crippen molar-refractivity contribution < 1.29 is 21.6 Å². The van der Waals surface area contributed by atoms with Gasteiger partial charge in [-0.3, -0.25) is 4.79 Å². The van der Waals surface area contributed by atoms with Gasteiger partial charge < -0.3 is 0 Å². The lowest BCUT2D eigenvalue weighted by atomic mass is 10.1. The number of sulfone groups is 2. The Bertz CT molecular complexity index is 669. The fraction of sp³-hybridized carbons (Fsp3) is 0.300. The fourth-order valence-electron chi connectivity index (χ4n) is 1.38. The van der Waals surface area contributed by atoms with E-state index in [9.17, 15) is 21.6 Å². The Morgan fingerprint density at radius 2 is 1.35 bits per heavy atom. The van der Waals surface area contributed by atoms with Crippen molar-refractivity contribution >= 4 is 26.0 Å². The summed E-state index contributed by atoms with van der Waals surface area (Å²) in [5.74, 6) is 0. The Labute approximate surface area is 100 Å². The van der Waals surface area contributed by atoms with Crippen LogP contribution in [0.1, 0.15) is 15.9 Å². The van der Waals surface area contributed by atoms with Gasteiger partial charge in [0, 0.05) is 18.1 Å². The molecule has 0 aliphatic rings. The van der Waals surface area contributed by atoms with Crippen LogP contribution in [0.2, 0.25) is 0 Å². The maximum atomic E-state index is 11.5. The molecule has 17 heavy (non-hydrogen) atoms. The first kappa shape index (κ1) is 13.9. The van der Waals surface area contributed by atoms with Gasteiger partial charge in [0.05, 0.1) is 9.79 Å². The Hall–Kier alpha value is -1.21. The van der Waals surface area contributed by atoms with E-state index in [1.807, 2.05) is 0 Å². The van der Waals surface area contributed by atoms with Gasteiger partial charge in [-0.25, -0.2) is 16.8 Å². The highest BCUT2D eigenvalue weighted by molar-refractivity contribution is 7.93. The van der Waals surface area contributed by atoms with Gasteiger partial charge in [-0.1, -0.05) is 0 Å². The number of hydrogen-bond donors (Lipinski definition) is 0. The van der Waals surface area contributed by atoms with Gasteiger partial charge >= 0.3 is 0 Å². The first-order valence-electron chi connectivity index (χ1n) is 4.57. The minimum absolute atomic E-state index is 0.165. The minimum Gasteiger partial charge on any atom is -0.298 e. The van der Waals surface area contributed by atoms with Crippen LogP contribution in [0, 0.1) is 6.92 Å². The molecule has 0 spiro atoms. The second-order valence-electron chi connectivity index (χ2n) is 3.82. The Morgan fingerprint density at radius 1 is 0.941 bits per heavy atom. The second-order valence-corrected chi connectivity index (χ2v) is 7.79. The van der Waals surface area contributed by atoms with Crippen LogP contribution in [-0.2, 0) is 19.7 Å². The quantitative estimate of drug-likeness (QED) is 0.755. The Morgan fingerprint density at radius 3 is 1.71 bits per heavy atom. The van der Waals surface area contributed by atoms with Crippen molar-refractivity contribution in [3.63, 3.8) is 0 Å². The first-order valence-corrected chi connectivity index (χ1v) is 8.35. The highest BCUT2D eigenvalue weighted by Crippen LogP contribution is 2.24. The van der Waals surface area contributed by atoms with Crippen molar-refractivity contribution in [2.75, 3.05) is 12.5 Å². The molecule has 0 aromatic heterocycles. The fourth-order valence-corrected chi connectivity index (χ4v) is 3.87. The van der Waals surface area contributed by atoms with Crippen LogP contribution in [0.4, 0.5) is 0 Å². The summed E-state index contributed by atoms with van der Waals surface area (Å²) in [7, 11) is -7.36. The minimum atomic E-state index is -3.70. The van der Waals surface area contributed by atoms with Crippen LogP contribution in [0.25, 0.3) is 0 Å². The number of rotatable bonds is 3. The number of carbonyl (C=O) groups is 1. The summed E-state index contributed by atoms with van der Waals surface area (Å²) in [4.78, 5) is 10.1. The van der Waals surface area contributed by atoms with Gasteiger partial charge in [-0.05, 0) is 24.6 Å². The number of carbonyl (C=O) groups excluding carboxylic acids is 1. The molecule has 5 nitrogen and oxygen atoms in total. The normalized spacial score (nSPS) is 12.4. The first-order chi connectivity index (χ1) is 7.57. The van der Waals surface area contributed by atoms with E-state index in [4.69, 9.17) is 0 Å². The summed E-state index contributed by atoms with van der Waals surface area (Å²) in [6.07, 6.45) is 2.33. The van der Waals surface area contributed by atoms with Crippen molar-refractivity contribution in [1.29, 1.82) is 0 Å². The molecular weight excluding hydrogens is 264 g/mol. The molecule has 1 aromatic rings. The van der Waals surface area contributed by atoms with E-state index in [0.717, 1.165) is 18.6 Å². The molecule has 94 valence electrons. The Kier molecular flexibility index (Phi) is 3.45. The van der Waals surface area contributed by atoms with Gasteiger partial charge in [0.15, 0.2) is 19.7 Å². The van der Waals surface area contributed by atoms with E-state index in [0.29, 0.717) is 11.8 Å². The standard InChI is InChI=1S/C10H12O5S2/c1-7-4-9(16(2,12)13)10(17(3,14)15)5-8(7)6-11/h4-6H,1-3H3. The van der Waals surface area contributed by atoms with Crippen LogP contribution < -0.4 is 0 Å². The van der Waals surface area contributed by atoms with Gasteiger partial charge in [0.25, 0.3) is 0 Å². The zero-order valence-electron chi connectivity index (χ0n) is 9.59. The third kappa shape index (κ3) is 2.92. The summed E-state index contributed by atoms with van der Waals surface area (Å²) >= 11 is 0. The van der Waals surface area contributed by atoms with E-state index in [-0.39, 0.29) is 15.4 Å². The zero-order chi connectivity index (χ0) is 13.4. The van der Waals surface area contributed by atoms with E-state index < -0.39 is 19.7 Å². The second kappa shape index (κ2) is 4.23. The third-order valence-corrected chi connectivity index (χ3v) is 4.66. The van der Waals surface area contributed by atoms with Crippen molar-refractivity contribution in [1.82, 2.24) is 0 Å². The molecule has 1 aromatic carbocycles. The smallest absolute Gasteiger partial charge is 0.176 e. The van der Waals surface area contributed by atoms with E-state index in [1.165, 1.54) is 6.07 Å². The molecule has 0 bridgehead atoms. The molecule has 0 unspecified atom stereocenters. The number of hydrogen-bond acceptors (Lipinski definition) is 5. The van der Waals surface area contributed by atoms with Gasteiger partial charge in [-0.15, -0.1) is 0 Å². The third-order valence-electron chi connectivity index (χ3n) is 2.26. The molecule has 0 N–H and O–H groups in total. The molecule has 0 amide bonds. The lowest BCUT2D eigenvalue weighted by molar-refractivity contribution is 0.112. The molecule has 0 aliphatic carbocycles. The van der Waals surface area contributed by atoms with Crippen LogP contribution in [-0.4, -0.2) is 35.6 Å². The topological polar surface area (TPSA) is 85.3 Å². The Balaban J connectivity index is 3.85. The lowest BCUT2D eigenvalue weighted by Crippen LogP contribution is -2.09. The predicted octanol–water partition coefficient (Wildman–Crippen LogP) is 0.615. The molecule has 0 fully saturated rings. The van der Waals surface area contributed by atoms with Crippen molar-refractivity contribution in [3.8, 4) is 0 Å². The molecule has 0 saturated carbocycles. The monoisotopic (exact) mass is 276 g/mol. The summed E-state index contributed by atoms with van der Waals surface area (Å²) in [6, 6.07) is 2.30. The summed E-state index contributed by atoms with van der Waals surface area (Å²) in [5, 5.41) is 0. The molecule has 0 aliphatic heterocycles.